The van der Waals surface area contributed by atoms with Crippen LogP contribution in [-0.2, 0) is 10.0 Å². The second kappa shape index (κ2) is 5.39. The number of hydrogen-bond donors (Lipinski definition) is 3. The summed E-state index contributed by atoms with van der Waals surface area (Å²) in [4.78, 5) is 0. The molecule has 0 unspecified atom stereocenters. The Morgan fingerprint density at radius 2 is 1.94 bits per heavy atom. The molecule has 0 atom stereocenters. The molecule has 0 spiro atoms. The first kappa shape index (κ1) is 14.8. The molecule has 0 saturated carbocycles. The van der Waals surface area contributed by atoms with Crippen molar-refractivity contribution >= 4 is 47.9 Å². The fraction of sp³-hybridized carbons (Fsp3) is 0.556. The zero-order valence-electron chi connectivity index (χ0n) is 9.37. The summed E-state index contributed by atoms with van der Waals surface area (Å²) < 4.78 is 46.7. The predicted octanol–water partition coefficient (Wildman–Crippen LogP) is 2.70. The van der Waals surface area contributed by atoms with Crippen LogP contribution in [0.25, 0.3) is 0 Å². The third-order valence-corrected chi connectivity index (χ3v) is 8.14. The van der Waals surface area contributed by atoms with E-state index >= 15 is 0 Å². The van der Waals surface area contributed by atoms with E-state index in [0.29, 0.717) is 12.8 Å². The zero-order valence-corrected chi connectivity index (χ0v) is 13.4. The average Bonchev–Trinajstić information content (AvgIpc) is 2.69. The zero-order chi connectivity index (χ0) is 13.4. The highest BCUT2D eigenvalue weighted by atomic mass is 79.9. The first-order chi connectivity index (χ1) is 8.28. The number of nitrogens with one attached hydrogen (secondary N) is 1. The van der Waals surface area contributed by atoms with Crippen LogP contribution in [0.1, 0.15) is 12.8 Å². The van der Waals surface area contributed by atoms with Crippen LogP contribution in [0.4, 0.5) is 0 Å². The number of hydrogen-bond acceptors (Lipinski definition) is 5. The molecule has 104 valence electrons. The number of thiophene rings is 1. The lowest BCUT2D eigenvalue weighted by Gasteiger charge is -2.39. The van der Waals surface area contributed by atoms with E-state index in [2.05, 4.69) is 20.7 Å². The van der Waals surface area contributed by atoms with Crippen molar-refractivity contribution in [2.75, 3.05) is 11.5 Å². The van der Waals surface area contributed by atoms with E-state index in [-0.39, 0.29) is 21.8 Å². The van der Waals surface area contributed by atoms with Gasteiger partial charge in [0, 0.05) is 17.5 Å². The Kier molecular flexibility index (Phi) is 4.42. The van der Waals surface area contributed by atoms with Crippen LogP contribution in [0.3, 0.4) is 0 Å². The fourth-order valence-corrected chi connectivity index (χ4v) is 6.61. The minimum absolute atomic E-state index is 0.212. The SMILES string of the molecule is O=S(=O)(NC1CCS(O)(O)CC1)c1ccc(Br)s1. The highest BCUT2D eigenvalue weighted by molar-refractivity contribution is 9.11. The highest BCUT2D eigenvalue weighted by Gasteiger charge is 2.28. The van der Waals surface area contributed by atoms with Gasteiger partial charge in [0.25, 0.3) is 0 Å². The molecule has 1 saturated heterocycles. The molecule has 0 amide bonds. The third kappa shape index (κ3) is 3.69. The maximum Gasteiger partial charge on any atom is 0.250 e. The van der Waals surface area contributed by atoms with Gasteiger partial charge in [-0.3, -0.25) is 9.11 Å². The summed E-state index contributed by atoms with van der Waals surface area (Å²) in [6.07, 6.45) is 0.933. The van der Waals surface area contributed by atoms with Gasteiger partial charge in [0.15, 0.2) is 0 Å². The van der Waals surface area contributed by atoms with E-state index in [1.165, 1.54) is 0 Å². The fourth-order valence-electron chi connectivity index (χ4n) is 1.75. The van der Waals surface area contributed by atoms with E-state index < -0.39 is 20.6 Å². The van der Waals surface area contributed by atoms with E-state index in [1.807, 2.05) is 0 Å². The molecule has 9 heteroatoms. The summed E-state index contributed by atoms with van der Waals surface area (Å²) in [5.41, 5.74) is 0. The van der Waals surface area contributed by atoms with Crippen molar-refractivity contribution in [3.8, 4) is 0 Å². The first-order valence-corrected chi connectivity index (χ1v) is 10.3. The normalized spacial score (nSPS) is 22.8. The molecule has 2 rings (SSSR count). The summed E-state index contributed by atoms with van der Waals surface area (Å²) >= 11 is 4.38. The molecular weight excluding hydrogens is 362 g/mol. The highest BCUT2D eigenvalue weighted by Crippen LogP contribution is 2.44. The second-order valence-corrected chi connectivity index (χ2v) is 11.0. The lowest BCUT2D eigenvalue weighted by atomic mass is 10.2. The Morgan fingerprint density at radius 3 is 2.44 bits per heavy atom. The molecule has 5 nitrogen and oxygen atoms in total. The maximum absolute atomic E-state index is 12.0. The molecule has 0 bridgehead atoms. The molecule has 18 heavy (non-hydrogen) atoms. The van der Waals surface area contributed by atoms with Gasteiger partial charge < -0.3 is 0 Å². The quantitative estimate of drug-likeness (QED) is 0.757. The van der Waals surface area contributed by atoms with Crippen LogP contribution in [0.15, 0.2) is 20.1 Å². The summed E-state index contributed by atoms with van der Waals surface area (Å²) in [6.45, 7) is 0. The van der Waals surface area contributed by atoms with Gasteiger partial charge in [-0.2, -0.15) is 10.6 Å². The Hall–Kier alpha value is 0.360. The Morgan fingerprint density at radius 1 is 1.33 bits per heavy atom. The smallest absolute Gasteiger partial charge is 0.250 e. The van der Waals surface area contributed by atoms with Gasteiger partial charge in [0.2, 0.25) is 10.0 Å². The van der Waals surface area contributed by atoms with Gasteiger partial charge in [-0.05, 0) is 40.9 Å². The van der Waals surface area contributed by atoms with Crippen LogP contribution >= 0.6 is 37.9 Å². The standard InChI is InChI=1S/C9H14BrNO4S3/c10-8-1-2-9(16-8)18(14,15)11-7-3-5-17(12,13)6-4-7/h1-2,7,11-13H,3-6H2. The molecule has 0 aromatic carbocycles. The minimum Gasteiger partial charge on any atom is -0.299 e. The largest absolute Gasteiger partial charge is 0.299 e. The lowest BCUT2D eigenvalue weighted by Crippen LogP contribution is -2.39. The topological polar surface area (TPSA) is 86.6 Å². The van der Waals surface area contributed by atoms with Crippen LogP contribution < -0.4 is 4.72 Å². The Labute approximate surface area is 120 Å². The molecule has 3 N–H and O–H groups in total. The molecule has 2 heterocycles. The third-order valence-electron chi connectivity index (χ3n) is 2.72. The monoisotopic (exact) mass is 375 g/mol. The molecule has 1 aliphatic heterocycles. The van der Waals surface area contributed by atoms with Crippen LogP contribution in [-0.4, -0.2) is 35.1 Å². The summed E-state index contributed by atoms with van der Waals surface area (Å²) in [7, 11) is -5.96. The van der Waals surface area contributed by atoms with Gasteiger partial charge >= 0.3 is 0 Å². The van der Waals surface area contributed by atoms with E-state index in [0.717, 1.165) is 15.1 Å². The number of rotatable bonds is 3. The van der Waals surface area contributed by atoms with Crippen LogP contribution in [0.5, 0.6) is 0 Å². The summed E-state index contributed by atoms with van der Waals surface area (Å²) in [6, 6.07) is 3.03. The first-order valence-electron chi connectivity index (χ1n) is 5.30. The van der Waals surface area contributed by atoms with E-state index in [9.17, 15) is 17.5 Å². The van der Waals surface area contributed by atoms with Crippen molar-refractivity contribution in [3.05, 3.63) is 15.9 Å². The molecule has 0 aliphatic carbocycles. The van der Waals surface area contributed by atoms with Crippen molar-refractivity contribution in [1.29, 1.82) is 0 Å². The molecule has 1 aromatic heterocycles. The maximum atomic E-state index is 12.0. The number of sulfonamides is 1. The molecule has 0 radical (unpaired) electrons. The Balaban J connectivity index is 2.02. The summed E-state index contributed by atoms with van der Waals surface area (Å²) in [5.74, 6) is 0.544. The van der Waals surface area contributed by atoms with Gasteiger partial charge in [-0.25, -0.2) is 13.1 Å². The molecule has 1 aromatic rings. The number of halogens is 1. The lowest BCUT2D eigenvalue weighted by molar-refractivity contribution is 0.444. The van der Waals surface area contributed by atoms with Crippen molar-refractivity contribution in [3.63, 3.8) is 0 Å². The van der Waals surface area contributed by atoms with Crippen molar-refractivity contribution < 1.29 is 17.5 Å². The Bertz CT molecular complexity index is 518. The predicted molar refractivity (Wildman–Crippen MR) is 77.9 cm³/mol. The average molecular weight is 376 g/mol. The minimum atomic E-state index is -3.49. The van der Waals surface area contributed by atoms with Crippen LogP contribution in [0, 0.1) is 0 Å². The molecular formula is C9H14BrNO4S3. The van der Waals surface area contributed by atoms with Gasteiger partial charge in [0.1, 0.15) is 4.21 Å². The van der Waals surface area contributed by atoms with Crippen molar-refractivity contribution in [2.24, 2.45) is 0 Å². The summed E-state index contributed by atoms with van der Waals surface area (Å²) in [5, 5.41) is 0. The van der Waals surface area contributed by atoms with E-state index in [4.69, 9.17) is 0 Å². The van der Waals surface area contributed by atoms with Gasteiger partial charge in [-0.15, -0.1) is 11.3 Å². The van der Waals surface area contributed by atoms with Crippen LogP contribution in [0.2, 0.25) is 0 Å². The second-order valence-electron chi connectivity index (χ2n) is 4.16. The van der Waals surface area contributed by atoms with Crippen molar-refractivity contribution in [1.82, 2.24) is 4.72 Å². The molecule has 1 fully saturated rings. The van der Waals surface area contributed by atoms with Crippen molar-refractivity contribution in [2.45, 2.75) is 23.1 Å². The molecule has 1 aliphatic rings. The van der Waals surface area contributed by atoms with Gasteiger partial charge in [-0.1, -0.05) is 0 Å². The van der Waals surface area contributed by atoms with Gasteiger partial charge in [0.05, 0.1) is 3.79 Å². The van der Waals surface area contributed by atoms with E-state index in [1.54, 1.807) is 12.1 Å².